The van der Waals surface area contributed by atoms with Crippen molar-refractivity contribution in [3.63, 3.8) is 0 Å². The summed E-state index contributed by atoms with van der Waals surface area (Å²) >= 11 is 0. The fourth-order valence-corrected chi connectivity index (χ4v) is 3.28. The first-order valence-corrected chi connectivity index (χ1v) is 7.75. The predicted octanol–water partition coefficient (Wildman–Crippen LogP) is 3.63. The molecule has 19 heavy (non-hydrogen) atoms. The number of rotatable bonds is 5. The van der Waals surface area contributed by atoms with Gasteiger partial charge >= 0.3 is 0 Å². The van der Waals surface area contributed by atoms with Crippen LogP contribution in [0.3, 0.4) is 0 Å². The zero-order valence-corrected chi connectivity index (χ0v) is 12.6. The van der Waals surface area contributed by atoms with Crippen LogP contribution in [-0.2, 0) is 0 Å². The molecule has 1 saturated heterocycles. The minimum atomic E-state index is 0.151. The summed E-state index contributed by atoms with van der Waals surface area (Å²) in [7, 11) is 0. The highest BCUT2D eigenvalue weighted by Gasteiger charge is 2.33. The summed E-state index contributed by atoms with van der Waals surface area (Å²) < 4.78 is 5.89. The molecule has 1 aliphatic heterocycles. The molecule has 3 nitrogen and oxygen atoms in total. The van der Waals surface area contributed by atoms with Crippen LogP contribution in [0.1, 0.15) is 63.5 Å². The van der Waals surface area contributed by atoms with Gasteiger partial charge in [-0.2, -0.15) is 0 Å². The van der Waals surface area contributed by atoms with Crippen LogP contribution in [-0.4, -0.2) is 23.5 Å². The number of piperidine rings is 1. The monoisotopic (exact) mass is 264 g/mol. The number of hydrogen-bond donors (Lipinski definition) is 1. The molecular weight excluding hydrogens is 236 g/mol. The fraction of sp³-hybridized carbons (Fsp3) is 0.750. The molecule has 0 saturated carbocycles. The summed E-state index contributed by atoms with van der Waals surface area (Å²) in [5.41, 5.74) is 6.40. The summed E-state index contributed by atoms with van der Waals surface area (Å²) in [6.07, 6.45) is 6.11. The van der Waals surface area contributed by atoms with Crippen LogP contribution < -0.4 is 5.73 Å². The third-order valence-electron chi connectivity index (χ3n) is 4.43. The number of hydrogen-bond acceptors (Lipinski definition) is 3. The van der Waals surface area contributed by atoms with Gasteiger partial charge in [0.2, 0.25) is 0 Å². The Morgan fingerprint density at radius 2 is 2.16 bits per heavy atom. The van der Waals surface area contributed by atoms with Crippen LogP contribution in [0.4, 0.5) is 0 Å². The van der Waals surface area contributed by atoms with Gasteiger partial charge in [-0.05, 0) is 51.3 Å². The van der Waals surface area contributed by atoms with Crippen LogP contribution >= 0.6 is 0 Å². The van der Waals surface area contributed by atoms with Crippen molar-refractivity contribution in [1.29, 1.82) is 0 Å². The van der Waals surface area contributed by atoms with Gasteiger partial charge in [-0.3, -0.25) is 4.90 Å². The molecule has 2 heterocycles. The summed E-state index contributed by atoms with van der Waals surface area (Å²) in [5, 5.41) is 0. The quantitative estimate of drug-likeness (QED) is 0.883. The SMILES string of the molecule is CCC(N)C(c1ccc(C)o1)N1CCCCC1CC. The molecule has 1 aliphatic rings. The van der Waals surface area contributed by atoms with Crippen LogP contribution in [0.2, 0.25) is 0 Å². The van der Waals surface area contributed by atoms with Crippen molar-refractivity contribution < 1.29 is 4.42 Å². The first-order valence-electron chi connectivity index (χ1n) is 7.75. The first-order chi connectivity index (χ1) is 9.17. The molecular formula is C16H28N2O. The van der Waals surface area contributed by atoms with Crippen LogP contribution in [0.5, 0.6) is 0 Å². The Bertz CT molecular complexity index is 388. The predicted molar refractivity (Wildman–Crippen MR) is 79.1 cm³/mol. The van der Waals surface area contributed by atoms with E-state index in [0.717, 1.165) is 24.5 Å². The van der Waals surface area contributed by atoms with E-state index in [-0.39, 0.29) is 12.1 Å². The molecule has 0 bridgehead atoms. The Hall–Kier alpha value is -0.800. The zero-order valence-electron chi connectivity index (χ0n) is 12.6. The van der Waals surface area contributed by atoms with Gasteiger partial charge in [-0.25, -0.2) is 0 Å². The minimum absolute atomic E-state index is 0.151. The Balaban J connectivity index is 2.26. The topological polar surface area (TPSA) is 42.4 Å². The van der Waals surface area contributed by atoms with E-state index in [0.29, 0.717) is 6.04 Å². The lowest BCUT2D eigenvalue weighted by atomic mass is 9.93. The Kier molecular flexibility index (Phi) is 5.06. The Morgan fingerprint density at radius 1 is 1.37 bits per heavy atom. The van der Waals surface area contributed by atoms with Crippen molar-refractivity contribution in [2.24, 2.45) is 5.73 Å². The minimum Gasteiger partial charge on any atom is -0.465 e. The fourth-order valence-electron chi connectivity index (χ4n) is 3.28. The molecule has 3 unspecified atom stereocenters. The maximum absolute atomic E-state index is 6.40. The third kappa shape index (κ3) is 3.21. The van der Waals surface area contributed by atoms with E-state index in [1.54, 1.807) is 0 Å². The molecule has 0 amide bonds. The third-order valence-corrected chi connectivity index (χ3v) is 4.43. The Morgan fingerprint density at radius 3 is 2.74 bits per heavy atom. The molecule has 108 valence electrons. The second-order valence-corrected chi connectivity index (χ2v) is 5.76. The van der Waals surface area contributed by atoms with Gasteiger partial charge < -0.3 is 10.2 Å². The second-order valence-electron chi connectivity index (χ2n) is 5.76. The molecule has 0 radical (unpaired) electrons. The Labute approximate surface area is 117 Å². The maximum Gasteiger partial charge on any atom is 0.122 e. The molecule has 0 aromatic carbocycles. The van der Waals surface area contributed by atoms with Gasteiger partial charge in [0, 0.05) is 12.1 Å². The lowest BCUT2D eigenvalue weighted by Gasteiger charge is -2.42. The first kappa shape index (κ1) is 14.6. The highest BCUT2D eigenvalue weighted by Crippen LogP contribution is 2.33. The van der Waals surface area contributed by atoms with Crippen LogP contribution in [0, 0.1) is 6.92 Å². The summed E-state index contributed by atoms with van der Waals surface area (Å²) in [6, 6.07) is 5.20. The highest BCUT2D eigenvalue weighted by atomic mass is 16.3. The van der Waals surface area contributed by atoms with Crippen molar-refractivity contribution in [2.75, 3.05) is 6.54 Å². The summed E-state index contributed by atoms with van der Waals surface area (Å²) in [6.45, 7) is 7.60. The van der Waals surface area contributed by atoms with Crippen molar-refractivity contribution >= 4 is 0 Å². The van der Waals surface area contributed by atoms with E-state index >= 15 is 0 Å². The highest BCUT2D eigenvalue weighted by molar-refractivity contribution is 5.13. The average molecular weight is 264 g/mol. The van der Waals surface area contributed by atoms with E-state index in [1.807, 2.05) is 6.92 Å². The van der Waals surface area contributed by atoms with Crippen molar-refractivity contribution in [3.8, 4) is 0 Å². The molecule has 1 aromatic heterocycles. The summed E-state index contributed by atoms with van der Waals surface area (Å²) in [5.74, 6) is 2.03. The lowest BCUT2D eigenvalue weighted by Crippen LogP contribution is -2.48. The van der Waals surface area contributed by atoms with Crippen LogP contribution in [0.15, 0.2) is 16.5 Å². The van der Waals surface area contributed by atoms with E-state index < -0.39 is 0 Å². The lowest BCUT2D eigenvalue weighted by molar-refractivity contribution is 0.0634. The van der Waals surface area contributed by atoms with Gasteiger partial charge in [0.15, 0.2) is 0 Å². The molecule has 1 fully saturated rings. The molecule has 1 aromatic rings. The normalized spacial score (nSPS) is 24.3. The van der Waals surface area contributed by atoms with E-state index in [4.69, 9.17) is 10.2 Å². The largest absolute Gasteiger partial charge is 0.465 e. The standard InChI is InChI=1S/C16H28N2O/c1-4-13-8-6-7-11-18(13)16(14(17)5-2)15-10-9-12(3)19-15/h9-10,13-14,16H,4-8,11,17H2,1-3H3. The molecule has 3 heteroatoms. The molecule has 2 N–H and O–H groups in total. The smallest absolute Gasteiger partial charge is 0.122 e. The van der Waals surface area contributed by atoms with Crippen LogP contribution in [0.25, 0.3) is 0 Å². The van der Waals surface area contributed by atoms with Gasteiger partial charge in [-0.1, -0.05) is 20.3 Å². The average Bonchev–Trinajstić information content (AvgIpc) is 2.85. The molecule has 0 spiro atoms. The zero-order chi connectivity index (χ0) is 13.8. The van der Waals surface area contributed by atoms with Gasteiger partial charge in [0.25, 0.3) is 0 Å². The van der Waals surface area contributed by atoms with Gasteiger partial charge in [0.05, 0.1) is 6.04 Å². The number of aryl methyl sites for hydroxylation is 1. The molecule has 0 aliphatic carbocycles. The number of likely N-dealkylation sites (tertiary alicyclic amines) is 1. The number of nitrogens with zero attached hydrogens (tertiary/aromatic N) is 1. The van der Waals surface area contributed by atoms with Crippen molar-refractivity contribution in [2.45, 2.75) is 71.0 Å². The molecule has 3 atom stereocenters. The second kappa shape index (κ2) is 6.58. The maximum atomic E-state index is 6.40. The van der Waals surface area contributed by atoms with Crippen molar-refractivity contribution in [1.82, 2.24) is 4.90 Å². The van der Waals surface area contributed by atoms with E-state index in [9.17, 15) is 0 Å². The summed E-state index contributed by atoms with van der Waals surface area (Å²) in [4.78, 5) is 2.59. The number of nitrogens with two attached hydrogens (primary N) is 1. The van der Waals surface area contributed by atoms with Gasteiger partial charge in [0.1, 0.15) is 11.5 Å². The van der Waals surface area contributed by atoms with Gasteiger partial charge in [-0.15, -0.1) is 0 Å². The van der Waals surface area contributed by atoms with Crippen molar-refractivity contribution in [3.05, 3.63) is 23.7 Å². The number of furan rings is 1. The van der Waals surface area contributed by atoms with E-state index in [1.165, 1.54) is 25.7 Å². The van der Waals surface area contributed by atoms with E-state index in [2.05, 4.69) is 30.9 Å². The molecule has 2 rings (SSSR count).